The third-order valence-electron chi connectivity index (χ3n) is 3.24. The smallest absolute Gasteiger partial charge is 0.0853 e. The van der Waals surface area contributed by atoms with Crippen LogP contribution in [0.3, 0.4) is 0 Å². The summed E-state index contributed by atoms with van der Waals surface area (Å²) in [5, 5.41) is 9.77. The van der Waals surface area contributed by atoms with Crippen molar-refractivity contribution in [1.29, 1.82) is 0 Å². The van der Waals surface area contributed by atoms with Gasteiger partial charge in [-0.3, -0.25) is 0 Å². The Bertz CT molecular complexity index is 322. The van der Waals surface area contributed by atoms with Crippen LogP contribution in [0.15, 0.2) is 30.3 Å². The third kappa shape index (κ3) is 1.35. The Hall–Kier alpha value is -0.860. The molecule has 74 valence electrons. The fraction of sp³-hybridized carbons (Fsp3) is 0.500. The normalized spacial score (nSPS) is 40.4. The second-order valence-corrected chi connectivity index (χ2v) is 4.28. The van der Waals surface area contributed by atoms with Crippen LogP contribution in [0.1, 0.15) is 24.5 Å². The van der Waals surface area contributed by atoms with Crippen LogP contribution in [0.25, 0.3) is 0 Å². The number of rotatable bonds is 1. The molecule has 0 spiro atoms. The van der Waals surface area contributed by atoms with E-state index in [9.17, 15) is 5.11 Å². The van der Waals surface area contributed by atoms with Crippen LogP contribution in [0.2, 0.25) is 0 Å². The summed E-state index contributed by atoms with van der Waals surface area (Å²) in [6.07, 6.45) is 2.08. The molecule has 2 aliphatic rings. The highest BCUT2D eigenvalue weighted by Gasteiger charge is 2.49. The first kappa shape index (κ1) is 8.45. The van der Waals surface area contributed by atoms with Gasteiger partial charge < -0.3 is 9.84 Å². The Morgan fingerprint density at radius 1 is 1.14 bits per heavy atom. The minimum atomic E-state index is -0.154. The van der Waals surface area contributed by atoms with Crippen molar-refractivity contribution in [2.45, 2.75) is 31.2 Å². The number of ether oxygens (including phenoxy) is 1. The van der Waals surface area contributed by atoms with Crippen molar-refractivity contribution in [2.75, 3.05) is 0 Å². The fourth-order valence-corrected chi connectivity index (χ4v) is 2.29. The lowest BCUT2D eigenvalue weighted by Gasteiger charge is -2.26. The van der Waals surface area contributed by atoms with Crippen molar-refractivity contribution in [3.05, 3.63) is 35.9 Å². The lowest BCUT2D eigenvalue weighted by atomic mass is 9.99. The molecule has 0 radical (unpaired) electrons. The second-order valence-electron chi connectivity index (χ2n) is 4.28. The zero-order valence-corrected chi connectivity index (χ0v) is 7.97. The molecule has 2 fully saturated rings. The maximum atomic E-state index is 9.77. The van der Waals surface area contributed by atoms with Crippen molar-refractivity contribution in [3.8, 4) is 0 Å². The molecule has 1 aliphatic heterocycles. The van der Waals surface area contributed by atoms with Crippen molar-refractivity contribution in [1.82, 2.24) is 0 Å². The Balaban J connectivity index is 1.80. The first-order valence-electron chi connectivity index (χ1n) is 5.23. The van der Waals surface area contributed by atoms with Gasteiger partial charge in [-0.05, 0) is 12.0 Å². The molecule has 1 aromatic carbocycles. The number of fused-ring (bicyclic) bond motifs is 1. The molecule has 1 saturated heterocycles. The summed E-state index contributed by atoms with van der Waals surface area (Å²) >= 11 is 0. The van der Waals surface area contributed by atoms with E-state index in [-0.39, 0.29) is 12.2 Å². The lowest BCUT2D eigenvalue weighted by molar-refractivity contribution is -0.0528. The summed E-state index contributed by atoms with van der Waals surface area (Å²) in [6, 6.07) is 10.2. The summed E-state index contributed by atoms with van der Waals surface area (Å²) in [6.45, 7) is 0. The Morgan fingerprint density at radius 3 is 2.64 bits per heavy atom. The number of benzene rings is 1. The zero-order chi connectivity index (χ0) is 9.54. The molecule has 0 amide bonds. The van der Waals surface area contributed by atoms with E-state index < -0.39 is 0 Å². The first-order chi connectivity index (χ1) is 6.84. The zero-order valence-electron chi connectivity index (χ0n) is 7.97. The van der Waals surface area contributed by atoms with E-state index >= 15 is 0 Å². The van der Waals surface area contributed by atoms with E-state index in [4.69, 9.17) is 4.74 Å². The van der Waals surface area contributed by atoms with Crippen LogP contribution in [0.4, 0.5) is 0 Å². The molecule has 14 heavy (non-hydrogen) atoms. The summed E-state index contributed by atoms with van der Waals surface area (Å²) in [5.74, 6) is 0.426. The molecular weight excluding hydrogens is 176 g/mol. The highest BCUT2D eigenvalue weighted by Crippen LogP contribution is 2.47. The van der Waals surface area contributed by atoms with Gasteiger partial charge in [-0.1, -0.05) is 30.3 Å². The van der Waals surface area contributed by atoms with E-state index in [1.165, 1.54) is 5.56 Å². The number of aliphatic hydroxyl groups excluding tert-OH is 1. The number of hydrogen-bond acceptors (Lipinski definition) is 2. The van der Waals surface area contributed by atoms with Crippen LogP contribution in [0, 0.1) is 5.92 Å². The molecule has 1 heterocycles. The first-order valence-corrected chi connectivity index (χ1v) is 5.23. The standard InChI is InChI=1S/C12H14O2/c13-10-7-11(14-12-6-9(10)12)8-4-2-1-3-5-8/h1-5,9-13H,6-7H2. The molecule has 3 rings (SSSR count). The highest BCUT2D eigenvalue weighted by atomic mass is 16.5. The predicted octanol–water partition coefficient (Wildman–Crippen LogP) is 1.90. The van der Waals surface area contributed by atoms with Crippen LogP contribution >= 0.6 is 0 Å². The molecule has 1 saturated carbocycles. The van der Waals surface area contributed by atoms with Crippen LogP contribution in [-0.4, -0.2) is 17.3 Å². The Kier molecular flexibility index (Phi) is 1.85. The summed E-state index contributed by atoms with van der Waals surface area (Å²) in [7, 11) is 0. The van der Waals surface area contributed by atoms with Crippen LogP contribution < -0.4 is 0 Å². The topological polar surface area (TPSA) is 29.5 Å². The van der Waals surface area contributed by atoms with Gasteiger partial charge in [0.2, 0.25) is 0 Å². The average molecular weight is 190 g/mol. The number of aliphatic hydroxyl groups is 1. The van der Waals surface area contributed by atoms with E-state index in [1.54, 1.807) is 0 Å². The fourth-order valence-electron chi connectivity index (χ4n) is 2.29. The molecule has 4 unspecified atom stereocenters. The van der Waals surface area contributed by atoms with Crippen LogP contribution in [0.5, 0.6) is 0 Å². The lowest BCUT2D eigenvalue weighted by Crippen LogP contribution is -2.25. The van der Waals surface area contributed by atoms with Crippen molar-refractivity contribution in [3.63, 3.8) is 0 Å². The van der Waals surface area contributed by atoms with Gasteiger partial charge >= 0.3 is 0 Å². The summed E-state index contributed by atoms with van der Waals surface area (Å²) < 4.78 is 5.86. The summed E-state index contributed by atoms with van der Waals surface area (Å²) in [4.78, 5) is 0. The quantitative estimate of drug-likeness (QED) is 0.732. The van der Waals surface area contributed by atoms with Gasteiger partial charge in [-0.2, -0.15) is 0 Å². The number of hydrogen-bond donors (Lipinski definition) is 1. The molecule has 2 nitrogen and oxygen atoms in total. The van der Waals surface area contributed by atoms with Crippen molar-refractivity contribution >= 4 is 0 Å². The Labute approximate surface area is 83.5 Å². The van der Waals surface area contributed by atoms with Gasteiger partial charge in [0.1, 0.15) is 0 Å². The largest absolute Gasteiger partial charge is 0.393 e. The molecule has 1 aromatic rings. The molecular formula is C12H14O2. The van der Waals surface area contributed by atoms with Gasteiger partial charge in [0.15, 0.2) is 0 Å². The molecule has 1 N–H and O–H groups in total. The Morgan fingerprint density at radius 2 is 1.93 bits per heavy atom. The van der Waals surface area contributed by atoms with Gasteiger partial charge in [-0.25, -0.2) is 0 Å². The predicted molar refractivity (Wildman–Crippen MR) is 52.8 cm³/mol. The molecule has 2 heteroatoms. The monoisotopic (exact) mass is 190 g/mol. The van der Waals surface area contributed by atoms with E-state index in [2.05, 4.69) is 12.1 Å². The van der Waals surface area contributed by atoms with Gasteiger partial charge in [-0.15, -0.1) is 0 Å². The minimum Gasteiger partial charge on any atom is -0.393 e. The van der Waals surface area contributed by atoms with Crippen LogP contribution in [-0.2, 0) is 4.74 Å². The third-order valence-corrected chi connectivity index (χ3v) is 3.24. The maximum Gasteiger partial charge on any atom is 0.0853 e. The van der Waals surface area contributed by atoms with Gasteiger partial charge in [0.05, 0.1) is 18.3 Å². The highest BCUT2D eigenvalue weighted by molar-refractivity contribution is 5.19. The molecule has 4 atom stereocenters. The van der Waals surface area contributed by atoms with Gasteiger partial charge in [0.25, 0.3) is 0 Å². The van der Waals surface area contributed by atoms with Gasteiger partial charge in [0, 0.05) is 12.3 Å². The van der Waals surface area contributed by atoms with E-state index in [1.807, 2.05) is 18.2 Å². The van der Waals surface area contributed by atoms with Crippen molar-refractivity contribution in [2.24, 2.45) is 5.92 Å². The van der Waals surface area contributed by atoms with E-state index in [0.717, 1.165) is 12.8 Å². The molecule has 1 aliphatic carbocycles. The van der Waals surface area contributed by atoms with Crippen molar-refractivity contribution < 1.29 is 9.84 Å². The molecule has 0 bridgehead atoms. The minimum absolute atomic E-state index is 0.106. The van der Waals surface area contributed by atoms with E-state index in [0.29, 0.717) is 12.0 Å². The maximum absolute atomic E-state index is 9.77. The summed E-state index contributed by atoms with van der Waals surface area (Å²) in [5.41, 5.74) is 1.19. The molecule has 0 aromatic heterocycles. The second kappa shape index (κ2) is 3.07. The SMILES string of the molecule is OC1CC(c2ccccc2)OC2CC12. The average Bonchev–Trinajstić information content (AvgIpc) is 2.99.